The van der Waals surface area contributed by atoms with Crippen molar-refractivity contribution in [3.8, 4) is 0 Å². The van der Waals surface area contributed by atoms with Gasteiger partial charge in [-0.1, -0.05) is 54.3 Å². The molecule has 9 heteroatoms. The largest absolute Gasteiger partial charge is 0.435 e. The molecule has 0 amide bonds. The second-order valence-corrected chi connectivity index (χ2v) is 8.13. The molecule has 3 rings (SSSR count). The monoisotopic (exact) mass is 472 g/mol. The maximum Gasteiger partial charge on any atom is 0.435 e. The van der Waals surface area contributed by atoms with Crippen LogP contribution in [-0.2, 0) is 21.7 Å². The number of hydrogen-bond acceptors (Lipinski definition) is 4. The fraction of sp³-hybridized carbons (Fsp3) is 0.364. The first-order valence-corrected chi connectivity index (χ1v) is 10.5. The van der Waals surface area contributed by atoms with Gasteiger partial charge in [0.25, 0.3) is 5.60 Å². The van der Waals surface area contributed by atoms with Crippen LogP contribution in [0.15, 0.2) is 41.6 Å². The third kappa shape index (κ3) is 4.83. The maximum absolute atomic E-state index is 14.2. The molecule has 0 spiro atoms. The molecule has 31 heavy (non-hydrogen) atoms. The van der Waals surface area contributed by atoms with Gasteiger partial charge >= 0.3 is 6.18 Å². The molecular weight excluding hydrogens is 452 g/mol. The van der Waals surface area contributed by atoms with Crippen LogP contribution in [0.2, 0.25) is 10.0 Å². The van der Waals surface area contributed by atoms with Crippen molar-refractivity contribution in [1.82, 2.24) is 0 Å². The predicted molar refractivity (Wildman–Crippen MR) is 116 cm³/mol. The van der Waals surface area contributed by atoms with Crippen LogP contribution in [0.3, 0.4) is 0 Å². The Bertz CT molecular complexity index is 1000. The summed E-state index contributed by atoms with van der Waals surface area (Å²) in [6.07, 6.45) is -4.21. The zero-order valence-corrected chi connectivity index (χ0v) is 18.5. The zero-order valence-electron chi connectivity index (χ0n) is 16.9. The van der Waals surface area contributed by atoms with Crippen LogP contribution in [-0.4, -0.2) is 24.2 Å². The minimum absolute atomic E-state index is 0.0305. The number of nitrogens with zero attached hydrogens (tertiary/aromatic N) is 1. The Morgan fingerprint density at radius 3 is 2.42 bits per heavy atom. The summed E-state index contributed by atoms with van der Waals surface area (Å²) in [6, 6.07) is 8.92. The summed E-state index contributed by atoms with van der Waals surface area (Å²) >= 11 is 11.9. The Labute approximate surface area is 188 Å². The molecule has 1 N–H and O–H groups in total. The number of rotatable bonds is 7. The van der Waals surface area contributed by atoms with Crippen LogP contribution in [0, 0.1) is 0 Å². The molecule has 2 aromatic carbocycles. The number of carbonyl (C=O) groups excluding carboxylic acids is 1. The summed E-state index contributed by atoms with van der Waals surface area (Å²) in [5.74, 6) is 0.0305. The molecule has 0 bridgehead atoms. The van der Waals surface area contributed by atoms with Gasteiger partial charge in [-0.2, -0.15) is 13.2 Å². The van der Waals surface area contributed by atoms with Gasteiger partial charge in [0, 0.05) is 39.7 Å². The molecule has 2 aromatic rings. The van der Waals surface area contributed by atoms with Gasteiger partial charge in [-0.05, 0) is 36.2 Å². The number of hydrogen-bond donors (Lipinski definition) is 1. The van der Waals surface area contributed by atoms with Crippen molar-refractivity contribution in [2.24, 2.45) is 5.16 Å². The van der Waals surface area contributed by atoms with Gasteiger partial charge in [0.15, 0.2) is 5.78 Å². The Hall–Kier alpha value is -2.25. The number of halogens is 5. The predicted octanol–water partition coefficient (Wildman–Crippen LogP) is 6.53. The van der Waals surface area contributed by atoms with Crippen molar-refractivity contribution in [3.05, 3.63) is 63.1 Å². The van der Waals surface area contributed by atoms with Crippen LogP contribution in [0.1, 0.15) is 43.4 Å². The number of alkyl halides is 3. The highest BCUT2D eigenvalue weighted by molar-refractivity contribution is 6.34. The topological polar surface area (TPSA) is 50.7 Å². The number of aryl methyl sites for hydroxylation is 1. The summed E-state index contributed by atoms with van der Waals surface area (Å²) in [5.41, 5.74) is -0.667. The molecule has 1 aliphatic rings. The van der Waals surface area contributed by atoms with Gasteiger partial charge in [0.1, 0.15) is 0 Å². The minimum atomic E-state index is -4.76. The number of nitrogens with one attached hydrogen (secondary N) is 1. The van der Waals surface area contributed by atoms with Crippen LogP contribution in [0.4, 0.5) is 18.9 Å². The first-order chi connectivity index (χ1) is 14.6. The molecule has 0 saturated carbocycles. The Kier molecular flexibility index (Phi) is 6.86. The zero-order chi connectivity index (χ0) is 22.8. The molecule has 0 aromatic heterocycles. The number of carbonyl (C=O) groups is 1. The van der Waals surface area contributed by atoms with Crippen molar-refractivity contribution in [2.75, 3.05) is 11.9 Å². The van der Waals surface area contributed by atoms with Gasteiger partial charge in [-0.3, -0.25) is 4.79 Å². The molecule has 0 aliphatic carbocycles. The number of Topliss-reactive ketones (excluding diaryl/α,β-unsaturated/α-hetero) is 1. The van der Waals surface area contributed by atoms with E-state index in [1.807, 2.05) is 6.92 Å². The van der Waals surface area contributed by atoms with Gasteiger partial charge in [-0.25, -0.2) is 0 Å². The average molecular weight is 473 g/mol. The molecule has 0 saturated heterocycles. The van der Waals surface area contributed by atoms with Gasteiger partial charge < -0.3 is 10.2 Å². The second kappa shape index (κ2) is 9.09. The normalized spacial score (nSPS) is 18.5. The third-order valence-electron chi connectivity index (χ3n) is 5.21. The van der Waals surface area contributed by atoms with E-state index in [1.54, 1.807) is 25.1 Å². The van der Waals surface area contributed by atoms with Gasteiger partial charge in [0.05, 0.1) is 12.3 Å². The molecule has 1 aliphatic heterocycles. The number of ketones is 1. The fourth-order valence-corrected chi connectivity index (χ4v) is 3.92. The summed E-state index contributed by atoms with van der Waals surface area (Å²) in [7, 11) is 0. The van der Waals surface area contributed by atoms with E-state index in [1.165, 1.54) is 18.2 Å². The third-order valence-corrected chi connectivity index (χ3v) is 5.65. The van der Waals surface area contributed by atoms with Gasteiger partial charge in [-0.15, -0.1) is 0 Å². The first-order valence-electron chi connectivity index (χ1n) is 9.76. The molecular formula is C22H21Cl2F3N2O2. The van der Waals surface area contributed by atoms with Crippen LogP contribution < -0.4 is 5.32 Å². The lowest BCUT2D eigenvalue weighted by Gasteiger charge is -2.29. The van der Waals surface area contributed by atoms with E-state index in [-0.39, 0.29) is 33.6 Å². The summed E-state index contributed by atoms with van der Waals surface area (Å²) < 4.78 is 42.5. The molecule has 1 atom stereocenters. The summed E-state index contributed by atoms with van der Waals surface area (Å²) in [5, 5.41) is 7.00. The lowest BCUT2D eigenvalue weighted by molar-refractivity contribution is -0.275. The Morgan fingerprint density at radius 1 is 1.16 bits per heavy atom. The van der Waals surface area contributed by atoms with Crippen molar-refractivity contribution in [3.63, 3.8) is 0 Å². The van der Waals surface area contributed by atoms with E-state index in [0.29, 0.717) is 24.1 Å². The van der Waals surface area contributed by atoms with E-state index in [9.17, 15) is 18.0 Å². The van der Waals surface area contributed by atoms with Crippen molar-refractivity contribution < 1.29 is 22.8 Å². The lowest BCUT2D eigenvalue weighted by atomic mass is 9.86. The van der Waals surface area contributed by atoms with Crippen molar-refractivity contribution >= 4 is 40.4 Å². The van der Waals surface area contributed by atoms with Crippen molar-refractivity contribution in [1.29, 1.82) is 0 Å². The van der Waals surface area contributed by atoms with Crippen LogP contribution >= 0.6 is 23.2 Å². The van der Waals surface area contributed by atoms with Crippen LogP contribution in [0.25, 0.3) is 0 Å². The van der Waals surface area contributed by atoms with Crippen molar-refractivity contribution in [2.45, 2.75) is 44.9 Å². The second-order valence-electron chi connectivity index (χ2n) is 7.26. The minimum Gasteiger partial charge on any atom is -0.378 e. The van der Waals surface area contributed by atoms with E-state index in [2.05, 4.69) is 10.5 Å². The molecule has 166 valence electrons. The smallest absolute Gasteiger partial charge is 0.378 e. The Balaban J connectivity index is 1.95. The summed E-state index contributed by atoms with van der Waals surface area (Å²) in [4.78, 5) is 16.7. The lowest BCUT2D eigenvalue weighted by Crippen LogP contribution is -2.42. The quantitative estimate of drug-likeness (QED) is 0.498. The fourth-order valence-electron chi connectivity index (χ4n) is 3.39. The SMILES string of the molecule is CCC(=O)CNc1cc(C2=NOC(c3cc(Cl)cc(Cl)c3)(C(F)(F)F)C2)ccc1CC. The standard InChI is InChI=1S/C22H21Cl2F3N2O2/c1-3-13-5-6-14(7-19(13)28-12-18(30)4-2)20-11-21(31-29-20,22(25,26)27)15-8-16(23)10-17(24)9-15/h5-10,28H,3-4,11-12H2,1-2H3. The molecule has 0 fully saturated rings. The maximum atomic E-state index is 14.2. The Morgan fingerprint density at radius 2 is 1.84 bits per heavy atom. The van der Waals surface area contributed by atoms with Crippen LogP contribution in [0.5, 0.6) is 0 Å². The number of benzene rings is 2. The summed E-state index contributed by atoms with van der Waals surface area (Å²) in [6.45, 7) is 3.86. The molecule has 0 radical (unpaired) electrons. The van der Waals surface area contributed by atoms with E-state index in [4.69, 9.17) is 28.0 Å². The number of oxime groups is 1. The molecule has 1 unspecified atom stereocenters. The highest BCUT2D eigenvalue weighted by atomic mass is 35.5. The van der Waals surface area contributed by atoms with E-state index < -0.39 is 18.2 Å². The van der Waals surface area contributed by atoms with E-state index >= 15 is 0 Å². The number of anilines is 1. The van der Waals surface area contributed by atoms with Gasteiger partial charge in [0.2, 0.25) is 0 Å². The molecule has 4 nitrogen and oxygen atoms in total. The highest BCUT2D eigenvalue weighted by Gasteiger charge is 2.62. The average Bonchev–Trinajstić information content (AvgIpc) is 3.18. The van der Waals surface area contributed by atoms with E-state index in [0.717, 1.165) is 5.56 Å². The molecule has 1 heterocycles. The first kappa shape index (κ1) is 23.4. The highest BCUT2D eigenvalue weighted by Crippen LogP contribution is 2.49.